The molecule has 0 amide bonds. The second-order valence-electron chi connectivity index (χ2n) is 19.0. The molecule has 3 aliphatic rings. The van der Waals surface area contributed by atoms with Crippen LogP contribution in [0.4, 0.5) is 11.4 Å². The van der Waals surface area contributed by atoms with Crippen LogP contribution < -0.4 is 93.6 Å². The second-order valence-corrected chi connectivity index (χ2v) is 24.8. The Morgan fingerprint density at radius 1 is 0.736 bits per heavy atom. The maximum atomic E-state index is 12.2. The fourth-order valence-electron chi connectivity index (χ4n) is 9.58. The van der Waals surface area contributed by atoms with E-state index in [1.807, 2.05) is 85.7 Å². The standard InChI is InChI=1S/C49H60N2O14S4.3Na/c1-33(47(52)53)16-17-34-12-10-15-37(30-34)46-35(18-24-44-48(2,3)40-31-38(68(60,61)62)20-22-42(40)50(44)26-6-8-28-66(54,55)56)13-11-14-36(46)19-25-45-49(4,5)41-32-39(69(63,64)65)21-23-43(41)51(45)27-7-9-29-67(57,58)59;;;/h10,12,15,18-25,30-33H,6-9,11,13-14,16-17,26-29H2,1-5H3,(H4-,52,53,54,55,56,57,58,59,60,61,62,63,64,65);;;/q;3*+1/p-3. The van der Waals surface area contributed by atoms with Crippen LogP contribution in [0.15, 0.2) is 112 Å². The number of rotatable bonds is 20. The molecule has 6 rings (SSSR count). The minimum absolute atomic E-state index is 0. The van der Waals surface area contributed by atoms with Crippen molar-refractivity contribution in [3.8, 4) is 0 Å². The maximum Gasteiger partial charge on any atom is 1.00 e. The maximum absolute atomic E-state index is 12.2. The van der Waals surface area contributed by atoms with E-state index >= 15 is 0 Å². The van der Waals surface area contributed by atoms with Crippen LogP contribution in [0.3, 0.4) is 0 Å². The summed E-state index contributed by atoms with van der Waals surface area (Å²) in [6, 6.07) is 16.2. The molecule has 0 aromatic heterocycles. The molecule has 3 aromatic rings. The summed E-state index contributed by atoms with van der Waals surface area (Å²) in [5, 5.41) is 9.60. The van der Waals surface area contributed by atoms with E-state index in [0.717, 1.165) is 39.3 Å². The molecular weight excluding hydrogens is 1040 g/mol. The molecule has 1 N–H and O–H groups in total. The van der Waals surface area contributed by atoms with Gasteiger partial charge in [0.05, 0.1) is 41.4 Å². The van der Waals surface area contributed by atoms with E-state index in [1.165, 1.54) is 24.3 Å². The average Bonchev–Trinajstić information content (AvgIpc) is 3.59. The number of unbranched alkanes of at least 4 members (excludes halogenated alkanes) is 2. The van der Waals surface area contributed by atoms with Gasteiger partial charge < -0.3 is 28.2 Å². The first-order valence-corrected chi connectivity index (χ1v) is 28.6. The Bertz CT molecular complexity index is 3160. The van der Waals surface area contributed by atoms with Crippen LogP contribution in [0.5, 0.6) is 0 Å². The van der Waals surface area contributed by atoms with Crippen molar-refractivity contribution in [3.63, 3.8) is 0 Å². The van der Waals surface area contributed by atoms with Crippen molar-refractivity contribution in [3.05, 3.63) is 124 Å². The van der Waals surface area contributed by atoms with Crippen molar-refractivity contribution in [2.75, 3.05) is 29.5 Å². The topological polar surface area (TPSA) is 272 Å². The SMILES string of the molecule is CC(CCc1cccc(C2=C(/C=C/C3=[N+](CCCCS(=O)(=O)[O-])c4ccc(S(=O)(=O)[O-])cc4C3(C)C)CCC/C2=C\C=C2\N(CCCCS(=O)(=O)[O-])c3ccc(S(=O)(=O)[O-])cc3C2(C)C)c1)C(=O)O.[Na+].[Na+].[Na+]. The number of allylic oxidation sites excluding steroid dienone is 8. The fraction of sp³-hybridized carbons (Fsp3) is 0.429. The molecule has 3 aromatic carbocycles. The molecule has 0 saturated heterocycles. The van der Waals surface area contributed by atoms with Gasteiger partial charge in [0.1, 0.15) is 26.8 Å². The van der Waals surface area contributed by atoms with Crippen LogP contribution in [0.2, 0.25) is 0 Å². The molecule has 72 heavy (non-hydrogen) atoms. The molecule has 16 nitrogen and oxygen atoms in total. The van der Waals surface area contributed by atoms with Gasteiger partial charge in [-0.3, -0.25) is 4.79 Å². The molecule has 0 fully saturated rings. The number of hydrogen-bond donors (Lipinski definition) is 1. The summed E-state index contributed by atoms with van der Waals surface area (Å²) < 4.78 is 144. The number of nitrogens with zero attached hydrogens (tertiary/aromatic N) is 2. The molecule has 23 heteroatoms. The molecule has 1 atom stereocenters. The zero-order valence-corrected chi connectivity index (χ0v) is 51.4. The first-order valence-electron chi connectivity index (χ1n) is 22.6. The molecule has 0 bridgehead atoms. The first kappa shape index (κ1) is 64.5. The Morgan fingerprint density at radius 2 is 1.33 bits per heavy atom. The molecule has 1 unspecified atom stereocenters. The summed E-state index contributed by atoms with van der Waals surface area (Å²) in [5.74, 6) is -2.58. The first-order chi connectivity index (χ1) is 32.0. The van der Waals surface area contributed by atoms with Gasteiger partial charge in [0, 0.05) is 59.0 Å². The van der Waals surface area contributed by atoms with Crippen molar-refractivity contribution in [1.29, 1.82) is 0 Å². The third-order valence-electron chi connectivity index (χ3n) is 13.3. The quantitative estimate of drug-likeness (QED) is 0.0554. The van der Waals surface area contributed by atoms with Gasteiger partial charge >= 0.3 is 94.6 Å². The summed E-state index contributed by atoms with van der Waals surface area (Å²) >= 11 is 0. The van der Waals surface area contributed by atoms with Gasteiger partial charge in [-0.05, 0) is 135 Å². The van der Waals surface area contributed by atoms with Crippen LogP contribution in [0, 0.1) is 5.92 Å². The van der Waals surface area contributed by atoms with E-state index in [0.29, 0.717) is 67.4 Å². The molecule has 1 aliphatic carbocycles. The summed E-state index contributed by atoms with van der Waals surface area (Å²) in [5.41, 5.74) is 6.67. The van der Waals surface area contributed by atoms with E-state index in [2.05, 4.69) is 0 Å². The zero-order chi connectivity index (χ0) is 50.9. The Hall–Kier alpha value is -1.80. The van der Waals surface area contributed by atoms with E-state index < -0.39 is 84.5 Å². The predicted molar refractivity (Wildman–Crippen MR) is 257 cm³/mol. The van der Waals surface area contributed by atoms with Crippen LogP contribution >= 0.6 is 0 Å². The molecular formula is C49H57N2Na3O14S4. The number of aryl methyl sites for hydroxylation is 1. The molecule has 0 saturated carbocycles. The van der Waals surface area contributed by atoms with Gasteiger partial charge in [-0.1, -0.05) is 57.2 Å². The smallest absolute Gasteiger partial charge is 0.748 e. The Labute approximate surface area is 491 Å². The molecule has 0 radical (unpaired) electrons. The van der Waals surface area contributed by atoms with E-state index in [-0.39, 0.29) is 115 Å². The predicted octanol–water partition coefficient (Wildman–Crippen LogP) is -2.01. The van der Waals surface area contributed by atoms with Crippen molar-refractivity contribution in [2.24, 2.45) is 5.92 Å². The summed E-state index contributed by atoms with van der Waals surface area (Å²) in [6.07, 6.45) is 11.5. The number of fused-ring (bicyclic) bond motifs is 2. The van der Waals surface area contributed by atoms with E-state index in [1.54, 1.807) is 19.1 Å². The van der Waals surface area contributed by atoms with Gasteiger partial charge in [0.25, 0.3) is 0 Å². The number of anilines is 1. The van der Waals surface area contributed by atoms with Crippen molar-refractivity contribution in [2.45, 2.75) is 113 Å². The molecule has 2 heterocycles. The van der Waals surface area contributed by atoms with Gasteiger partial charge in [0.2, 0.25) is 5.69 Å². The zero-order valence-electron chi connectivity index (χ0n) is 42.1. The number of carboxylic acids is 1. The monoisotopic (exact) mass is 1090 g/mol. The van der Waals surface area contributed by atoms with Crippen LogP contribution in [0.1, 0.15) is 108 Å². The van der Waals surface area contributed by atoms with E-state index in [4.69, 9.17) is 0 Å². The van der Waals surface area contributed by atoms with Gasteiger partial charge in [-0.25, -0.2) is 33.7 Å². The second kappa shape index (κ2) is 25.6. The van der Waals surface area contributed by atoms with Gasteiger partial charge in [-0.2, -0.15) is 4.58 Å². The molecule has 0 spiro atoms. The normalized spacial score (nSPS) is 18.2. The minimum Gasteiger partial charge on any atom is -0.748 e. The third-order valence-corrected chi connectivity index (χ3v) is 16.5. The Kier molecular flexibility index (Phi) is 22.9. The summed E-state index contributed by atoms with van der Waals surface area (Å²) in [7, 11) is -18.6. The number of carbonyl (C=O) groups is 1. The minimum atomic E-state index is -4.81. The van der Waals surface area contributed by atoms with E-state index in [9.17, 15) is 61.8 Å². The average molecular weight is 1100 g/mol. The molecule has 2 aliphatic heterocycles. The van der Waals surface area contributed by atoms with Crippen molar-refractivity contribution in [1.82, 2.24) is 0 Å². The van der Waals surface area contributed by atoms with Crippen LogP contribution in [0.25, 0.3) is 5.57 Å². The Morgan fingerprint density at radius 3 is 1.93 bits per heavy atom. The number of aliphatic carboxylic acids is 1. The third kappa shape index (κ3) is 15.9. The van der Waals surface area contributed by atoms with Crippen molar-refractivity contribution < 1.29 is 155 Å². The van der Waals surface area contributed by atoms with Gasteiger partial charge in [0.15, 0.2) is 5.71 Å². The number of carboxylic acid groups (broad SMARTS) is 1. The van der Waals surface area contributed by atoms with Crippen LogP contribution in [-0.2, 0) is 62.5 Å². The largest absolute Gasteiger partial charge is 1.00 e. The summed E-state index contributed by atoms with van der Waals surface area (Å²) in [4.78, 5) is 12.9. The van der Waals surface area contributed by atoms with Crippen molar-refractivity contribution >= 4 is 69.1 Å². The number of hydrogen-bond acceptors (Lipinski definition) is 14. The van der Waals surface area contributed by atoms with Crippen LogP contribution in [-0.4, -0.2) is 97.8 Å². The van der Waals surface area contributed by atoms with Gasteiger partial charge in [-0.15, -0.1) is 0 Å². The fourth-order valence-corrected chi connectivity index (χ4v) is 11.7. The Balaban J connectivity index is 0.00000456. The summed E-state index contributed by atoms with van der Waals surface area (Å²) in [6.45, 7) is 9.79. The molecule has 374 valence electrons. The number of benzene rings is 3.